The van der Waals surface area contributed by atoms with E-state index >= 15 is 0 Å². The predicted octanol–water partition coefficient (Wildman–Crippen LogP) is 0.718. The summed E-state index contributed by atoms with van der Waals surface area (Å²) in [5.74, 6) is -0.485. The Labute approximate surface area is 106 Å². The van der Waals surface area contributed by atoms with Crippen molar-refractivity contribution >= 4 is 12.0 Å². The quantitative estimate of drug-likeness (QED) is 0.691. The topological polar surface area (TPSA) is 87.7 Å². The van der Waals surface area contributed by atoms with Gasteiger partial charge in [-0.2, -0.15) is 0 Å². The Morgan fingerprint density at radius 3 is 2.89 bits per heavy atom. The molecule has 6 heteroatoms. The maximum atomic E-state index is 11.6. The summed E-state index contributed by atoms with van der Waals surface area (Å²) in [5, 5.41) is 14.0. The van der Waals surface area contributed by atoms with Crippen molar-refractivity contribution in [1.82, 2.24) is 10.6 Å². The smallest absolute Gasteiger partial charge is 0.315 e. The highest BCUT2D eigenvalue weighted by Gasteiger charge is 2.38. The van der Waals surface area contributed by atoms with E-state index in [9.17, 15) is 9.59 Å². The SMILES string of the molecule is O=C(O)CCNC(=O)NC1CCCC2OCCC12. The fraction of sp³-hybridized carbons (Fsp3) is 0.833. The number of hydrogen-bond donors (Lipinski definition) is 3. The average Bonchev–Trinajstić information content (AvgIpc) is 2.77. The second-order valence-electron chi connectivity index (χ2n) is 4.94. The molecule has 18 heavy (non-hydrogen) atoms. The number of ether oxygens (including phenoxy) is 1. The Morgan fingerprint density at radius 1 is 1.28 bits per heavy atom. The Bertz CT molecular complexity index is 321. The zero-order chi connectivity index (χ0) is 13.0. The zero-order valence-corrected chi connectivity index (χ0v) is 10.4. The van der Waals surface area contributed by atoms with Crippen LogP contribution in [-0.2, 0) is 9.53 Å². The Balaban J connectivity index is 1.74. The molecule has 3 N–H and O–H groups in total. The van der Waals surface area contributed by atoms with Crippen molar-refractivity contribution in [1.29, 1.82) is 0 Å². The van der Waals surface area contributed by atoms with Crippen LogP contribution in [0.2, 0.25) is 0 Å². The van der Waals surface area contributed by atoms with Crippen molar-refractivity contribution in [2.45, 2.75) is 44.2 Å². The van der Waals surface area contributed by atoms with Crippen LogP contribution in [0.4, 0.5) is 4.79 Å². The van der Waals surface area contributed by atoms with Crippen LogP contribution in [0.3, 0.4) is 0 Å². The van der Waals surface area contributed by atoms with Crippen molar-refractivity contribution in [2.75, 3.05) is 13.2 Å². The van der Waals surface area contributed by atoms with Crippen LogP contribution in [0.1, 0.15) is 32.1 Å². The normalized spacial score (nSPS) is 30.6. The summed E-state index contributed by atoms with van der Waals surface area (Å²) in [4.78, 5) is 22.0. The van der Waals surface area contributed by atoms with Crippen LogP contribution >= 0.6 is 0 Å². The molecule has 2 rings (SSSR count). The minimum atomic E-state index is -0.905. The molecule has 0 spiro atoms. The van der Waals surface area contributed by atoms with Gasteiger partial charge in [0.2, 0.25) is 0 Å². The summed E-state index contributed by atoms with van der Waals surface area (Å²) in [6, 6.07) is -0.107. The average molecular weight is 256 g/mol. The molecule has 0 aromatic carbocycles. The summed E-state index contributed by atoms with van der Waals surface area (Å²) >= 11 is 0. The first-order chi connectivity index (χ1) is 8.66. The number of nitrogens with one attached hydrogen (secondary N) is 2. The van der Waals surface area contributed by atoms with E-state index in [2.05, 4.69) is 10.6 Å². The molecule has 1 aliphatic heterocycles. The van der Waals surface area contributed by atoms with Gasteiger partial charge in [0.1, 0.15) is 0 Å². The maximum Gasteiger partial charge on any atom is 0.315 e. The van der Waals surface area contributed by atoms with Gasteiger partial charge in [-0.1, -0.05) is 0 Å². The molecule has 2 aliphatic rings. The van der Waals surface area contributed by atoms with Crippen LogP contribution in [0.5, 0.6) is 0 Å². The zero-order valence-electron chi connectivity index (χ0n) is 10.4. The molecule has 1 saturated carbocycles. The minimum absolute atomic E-state index is 0.0484. The summed E-state index contributed by atoms with van der Waals surface area (Å²) in [5.41, 5.74) is 0. The first kappa shape index (κ1) is 13.1. The summed E-state index contributed by atoms with van der Waals surface area (Å²) in [6.07, 6.45) is 4.39. The summed E-state index contributed by atoms with van der Waals surface area (Å²) in [7, 11) is 0. The largest absolute Gasteiger partial charge is 0.481 e. The molecule has 0 radical (unpaired) electrons. The number of carbonyl (C=O) groups is 2. The van der Waals surface area contributed by atoms with E-state index in [-0.39, 0.29) is 25.0 Å². The van der Waals surface area contributed by atoms with E-state index in [1.165, 1.54) is 0 Å². The molecule has 0 aromatic rings. The van der Waals surface area contributed by atoms with Crippen LogP contribution < -0.4 is 10.6 Å². The van der Waals surface area contributed by atoms with Crippen molar-refractivity contribution in [3.05, 3.63) is 0 Å². The molecule has 102 valence electrons. The molecule has 0 bridgehead atoms. The number of aliphatic carboxylic acids is 1. The molecule has 3 atom stereocenters. The standard InChI is InChI=1S/C12H20N2O4/c15-11(16)4-6-13-12(17)14-9-2-1-3-10-8(9)5-7-18-10/h8-10H,1-7H2,(H,15,16)(H2,13,14,17). The molecule has 1 saturated heterocycles. The van der Waals surface area contributed by atoms with Gasteiger partial charge in [0, 0.05) is 25.1 Å². The second-order valence-corrected chi connectivity index (χ2v) is 4.94. The molecular weight excluding hydrogens is 236 g/mol. The molecule has 2 amide bonds. The fourth-order valence-corrected chi connectivity index (χ4v) is 2.86. The molecule has 0 aromatic heterocycles. The van der Waals surface area contributed by atoms with Gasteiger partial charge in [0.15, 0.2) is 0 Å². The number of amides is 2. The fourth-order valence-electron chi connectivity index (χ4n) is 2.86. The lowest BCUT2D eigenvalue weighted by Crippen LogP contribution is -2.49. The van der Waals surface area contributed by atoms with Crippen LogP contribution in [0.15, 0.2) is 0 Å². The third-order valence-corrected chi connectivity index (χ3v) is 3.72. The third kappa shape index (κ3) is 3.35. The molecule has 1 heterocycles. The van der Waals surface area contributed by atoms with E-state index in [1.54, 1.807) is 0 Å². The van der Waals surface area contributed by atoms with Gasteiger partial charge >= 0.3 is 12.0 Å². The number of carbonyl (C=O) groups excluding carboxylic acids is 1. The van der Waals surface area contributed by atoms with Gasteiger partial charge in [-0.3, -0.25) is 4.79 Å². The lowest BCUT2D eigenvalue weighted by molar-refractivity contribution is -0.136. The predicted molar refractivity (Wildman–Crippen MR) is 64.3 cm³/mol. The first-order valence-electron chi connectivity index (χ1n) is 6.54. The number of hydrogen-bond acceptors (Lipinski definition) is 3. The molecule has 6 nitrogen and oxygen atoms in total. The third-order valence-electron chi connectivity index (χ3n) is 3.72. The molecule has 2 fully saturated rings. The Hall–Kier alpha value is -1.30. The second kappa shape index (κ2) is 6.04. The van der Waals surface area contributed by atoms with Crippen LogP contribution in [0.25, 0.3) is 0 Å². The number of carboxylic acids is 1. The van der Waals surface area contributed by atoms with Gasteiger partial charge in [-0.05, 0) is 25.7 Å². The highest BCUT2D eigenvalue weighted by atomic mass is 16.5. The van der Waals surface area contributed by atoms with Gasteiger partial charge < -0.3 is 20.5 Å². The van der Waals surface area contributed by atoms with Crippen molar-refractivity contribution < 1.29 is 19.4 Å². The van der Waals surface area contributed by atoms with Crippen molar-refractivity contribution in [3.8, 4) is 0 Å². The highest BCUT2D eigenvalue weighted by molar-refractivity contribution is 5.75. The maximum absolute atomic E-state index is 11.6. The first-order valence-corrected chi connectivity index (χ1v) is 6.54. The molecule has 1 aliphatic carbocycles. The Kier molecular flexibility index (Phi) is 4.41. The number of urea groups is 1. The number of rotatable bonds is 4. The number of carboxylic acid groups (broad SMARTS) is 1. The summed E-state index contributed by atoms with van der Waals surface area (Å²) < 4.78 is 5.63. The van der Waals surface area contributed by atoms with E-state index in [0.29, 0.717) is 12.0 Å². The van der Waals surface area contributed by atoms with Gasteiger partial charge in [0.05, 0.1) is 12.5 Å². The van der Waals surface area contributed by atoms with Gasteiger partial charge in [-0.15, -0.1) is 0 Å². The van der Waals surface area contributed by atoms with Crippen LogP contribution in [-0.4, -0.2) is 42.4 Å². The van der Waals surface area contributed by atoms with Gasteiger partial charge in [0.25, 0.3) is 0 Å². The van der Waals surface area contributed by atoms with Crippen molar-refractivity contribution in [2.24, 2.45) is 5.92 Å². The van der Waals surface area contributed by atoms with Crippen molar-refractivity contribution in [3.63, 3.8) is 0 Å². The summed E-state index contributed by atoms with van der Waals surface area (Å²) in [6.45, 7) is 0.951. The number of fused-ring (bicyclic) bond motifs is 1. The lowest BCUT2D eigenvalue weighted by atomic mass is 9.82. The van der Waals surface area contributed by atoms with Gasteiger partial charge in [-0.25, -0.2) is 4.79 Å². The molecular formula is C12H20N2O4. The Morgan fingerprint density at radius 2 is 2.11 bits per heavy atom. The lowest BCUT2D eigenvalue weighted by Gasteiger charge is -2.33. The monoisotopic (exact) mass is 256 g/mol. The van der Waals surface area contributed by atoms with E-state index in [1.807, 2.05) is 0 Å². The highest BCUT2D eigenvalue weighted by Crippen LogP contribution is 2.34. The minimum Gasteiger partial charge on any atom is -0.481 e. The van der Waals surface area contributed by atoms with E-state index in [0.717, 1.165) is 32.3 Å². The van der Waals surface area contributed by atoms with E-state index < -0.39 is 5.97 Å². The van der Waals surface area contributed by atoms with Crippen LogP contribution in [0, 0.1) is 5.92 Å². The van der Waals surface area contributed by atoms with E-state index in [4.69, 9.17) is 9.84 Å². The molecule has 3 unspecified atom stereocenters.